The number of aromatic nitrogens is 4. The van der Waals surface area contributed by atoms with E-state index in [9.17, 15) is 0 Å². The smallest absolute Gasteiger partial charge is 0.206 e. The molecular formula is C32H44N8. The highest BCUT2D eigenvalue weighted by molar-refractivity contribution is 5.79. The normalized spacial score (nSPS) is 23.4. The van der Waals surface area contributed by atoms with E-state index < -0.39 is 0 Å². The van der Waals surface area contributed by atoms with E-state index in [0.29, 0.717) is 11.8 Å². The van der Waals surface area contributed by atoms with Gasteiger partial charge >= 0.3 is 0 Å². The predicted molar refractivity (Wildman–Crippen MR) is 164 cm³/mol. The highest BCUT2D eigenvalue weighted by Gasteiger charge is 2.28. The van der Waals surface area contributed by atoms with Crippen LogP contribution in [0, 0.1) is 11.8 Å². The van der Waals surface area contributed by atoms with E-state index in [2.05, 4.69) is 91.4 Å². The molecule has 2 aromatic carbocycles. The number of nitrogens with zero attached hydrogens (tertiary/aromatic N) is 8. The Balaban J connectivity index is 1.06. The van der Waals surface area contributed by atoms with Crippen molar-refractivity contribution in [1.29, 1.82) is 0 Å². The summed E-state index contributed by atoms with van der Waals surface area (Å²) in [4.78, 5) is 20.1. The van der Waals surface area contributed by atoms with Crippen LogP contribution in [0.25, 0.3) is 22.1 Å². The summed E-state index contributed by atoms with van der Waals surface area (Å²) in [5.41, 5.74) is 4.85. The van der Waals surface area contributed by atoms with E-state index in [1.54, 1.807) is 0 Å². The SMILES string of the molecule is CN1CCN(c2nc3ccccc3n2CC2CCC(Cn3c(N4CCN(C)CC4)nc4ccccc43)CC2)CC1. The lowest BCUT2D eigenvalue weighted by molar-refractivity contribution is 0.235. The fourth-order valence-electron chi connectivity index (χ4n) is 7.09. The number of para-hydroxylation sites is 4. The first-order chi connectivity index (χ1) is 19.6. The fourth-order valence-corrected chi connectivity index (χ4v) is 7.09. The largest absolute Gasteiger partial charge is 0.340 e. The molecule has 0 spiro atoms. The number of hydrogen-bond donors (Lipinski definition) is 0. The summed E-state index contributed by atoms with van der Waals surface area (Å²) in [6.07, 6.45) is 5.15. The molecule has 4 heterocycles. The van der Waals surface area contributed by atoms with Crippen molar-refractivity contribution < 1.29 is 0 Å². The minimum atomic E-state index is 0.705. The summed E-state index contributed by atoms with van der Waals surface area (Å²) in [5.74, 6) is 3.77. The van der Waals surface area contributed by atoms with Gasteiger partial charge in [0.15, 0.2) is 0 Å². The zero-order chi connectivity index (χ0) is 27.1. The summed E-state index contributed by atoms with van der Waals surface area (Å²) in [6, 6.07) is 17.4. The van der Waals surface area contributed by atoms with Gasteiger partial charge < -0.3 is 28.7 Å². The molecule has 1 aliphatic carbocycles. The average molecular weight is 541 g/mol. The van der Waals surface area contributed by atoms with Gasteiger partial charge in [0.2, 0.25) is 11.9 Å². The third-order valence-corrected chi connectivity index (χ3v) is 9.69. The molecule has 1 saturated carbocycles. The summed E-state index contributed by atoms with van der Waals surface area (Å²) in [7, 11) is 4.44. The Labute approximate surface area is 238 Å². The van der Waals surface area contributed by atoms with Crippen LogP contribution in [0.1, 0.15) is 25.7 Å². The summed E-state index contributed by atoms with van der Waals surface area (Å²) in [5, 5.41) is 0. The highest BCUT2D eigenvalue weighted by Crippen LogP contribution is 2.35. The van der Waals surface area contributed by atoms with Crippen molar-refractivity contribution in [3.05, 3.63) is 48.5 Å². The van der Waals surface area contributed by atoms with Crippen LogP contribution in [0.2, 0.25) is 0 Å². The lowest BCUT2D eigenvalue weighted by Crippen LogP contribution is -2.45. The molecule has 0 atom stereocenters. The van der Waals surface area contributed by atoms with Gasteiger partial charge in [-0.3, -0.25) is 0 Å². The maximum absolute atomic E-state index is 5.13. The second-order valence-electron chi connectivity index (χ2n) is 12.5. The van der Waals surface area contributed by atoms with E-state index in [1.807, 2.05) is 0 Å². The van der Waals surface area contributed by atoms with Gasteiger partial charge in [0.25, 0.3) is 0 Å². The first-order valence-electron chi connectivity index (χ1n) is 15.4. The third-order valence-electron chi connectivity index (χ3n) is 9.69. The van der Waals surface area contributed by atoms with Crippen LogP contribution < -0.4 is 9.80 Å². The van der Waals surface area contributed by atoms with E-state index in [4.69, 9.17) is 9.97 Å². The Morgan fingerprint density at radius 1 is 0.550 bits per heavy atom. The Morgan fingerprint density at radius 3 is 1.32 bits per heavy atom. The van der Waals surface area contributed by atoms with Crippen molar-refractivity contribution in [2.45, 2.75) is 38.8 Å². The quantitative estimate of drug-likeness (QED) is 0.362. The van der Waals surface area contributed by atoms with Gasteiger partial charge in [-0.05, 0) is 75.9 Å². The van der Waals surface area contributed by atoms with Crippen LogP contribution in [0.5, 0.6) is 0 Å². The molecule has 8 heteroatoms. The lowest BCUT2D eigenvalue weighted by atomic mass is 9.82. The summed E-state index contributed by atoms with van der Waals surface area (Å²) >= 11 is 0. The van der Waals surface area contributed by atoms with Gasteiger partial charge in [0.1, 0.15) is 0 Å². The number of fused-ring (bicyclic) bond motifs is 2. The topological polar surface area (TPSA) is 48.6 Å². The van der Waals surface area contributed by atoms with E-state index in [0.717, 1.165) is 76.5 Å². The second kappa shape index (κ2) is 11.1. The van der Waals surface area contributed by atoms with Gasteiger partial charge in [0, 0.05) is 65.4 Å². The molecule has 212 valence electrons. The molecule has 0 unspecified atom stereocenters. The number of rotatable bonds is 6. The number of piperazine rings is 2. The molecule has 2 aliphatic heterocycles. The van der Waals surface area contributed by atoms with Crippen molar-refractivity contribution in [3.63, 3.8) is 0 Å². The molecule has 8 nitrogen and oxygen atoms in total. The molecule has 0 N–H and O–H groups in total. The number of benzene rings is 2. The molecule has 2 saturated heterocycles. The molecule has 40 heavy (non-hydrogen) atoms. The molecule has 3 aliphatic rings. The zero-order valence-corrected chi connectivity index (χ0v) is 24.3. The first-order valence-corrected chi connectivity index (χ1v) is 15.4. The maximum Gasteiger partial charge on any atom is 0.206 e. The van der Waals surface area contributed by atoms with Gasteiger partial charge in [-0.15, -0.1) is 0 Å². The van der Waals surface area contributed by atoms with Crippen LogP contribution in [0.4, 0.5) is 11.9 Å². The minimum Gasteiger partial charge on any atom is -0.340 e. The van der Waals surface area contributed by atoms with Crippen LogP contribution in [0.3, 0.4) is 0 Å². The van der Waals surface area contributed by atoms with Gasteiger partial charge in [-0.25, -0.2) is 9.97 Å². The fraction of sp³-hybridized carbons (Fsp3) is 0.562. The predicted octanol–water partition coefficient (Wildman–Crippen LogP) is 4.40. The monoisotopic (exact) mass is 540 g/mol. The molecule has 0 radical (unpaired) electrons. The van der Waals surface area contributed by atoms with Gasteiger partial charge in [-0.2, -0.15) is 0 Å². The standard InChI is InChI=1S/C32H44N8/c1-35-15-19-37(20-16-35)31-33-27-7-3-5-9-29(27)39(31)23-25-11-13-26(14-12-25)24-40-30-10-6-4-8-28(30)34-32(40)38-21-17-36(2)18-22-38/h3-10,25-26H,11-24H2,1-2H3. The Hall–Kier alpha value is -3.10. The molecule has 0 bridgehead atoms. The lowest BCUT2D eigenvalue weighted by Gasteiger charge is -2.35. The minimum absolute atomic E-state index is 0.705. The Kier molecular flexibility index (Phi) is 7.14. The van der Waals surface area contributed by atoms with Crippen molar-refractivity contribution in [2.24, 2.45) is 11.8 Å². The number of anilines is 2. The van der Waals surface area contributed by atoms with E-state index in [1.165, 1.54) is 48.6 Å². The van der Waals surface area contributed by atoms with Crippen molar-refractivity contribution in [1.82, 2.24) is 28.9 Å². The van der Waals surface area contributed by atoms with Crippen molar-refractivity contribution in [3.8, 4) is 0 Å². The maximum atomic E-state index is 5.13. The van der Waals surface area contributed by atoms with Crippen molar-refractivity contribution >= 4 is 34.0 Å². The molecule has 4 aromatic rings. The van der Waals surface area contributed by atoms with Gasteiger partial charge in [-0.1, -0.05) is 24.3 Å². The average Bonchev–Trinajstić information content (AvgIpc) is 3.53. The van der Waals surface area contributed by atoms with Crippen LogP contribution >= 0.6 is 0 Å². The molecular weight excluding hydrogens is 496 g/mol. The summed E-state index contributed by atoms with van der Waals surface area (Å²) in [6.45, 7) is 10.8. The first kappa shape index (κ1) is 25.8. The van der Waals surface area contributed by atoms with Crippen LogP contribution in [0.15, 0.2) is 48.5 Å². The molecule has 3 fully saturated rings. The van der Waals surface area contributed by atoms with Crippen LogP contribution in [-0.2, 0) is 13.1 Å². The number of imidazole rings is 2. The van der Waals surface area contributed by atoms with Gasteiger partial charge in [0.05, 0.1) is 22.1 Å². The Bertz CT molecular complexity index is 1320. The highest BCUT2D eigenvalue weighted by atomic mass is 15.4. The van der Waals surface area contributed by atoms with Crippen molar-refractivity contribution in [2.75, 3.05) is 76.3 Å². The Morgan fingerprint density at radius 2 is 0.925 bits per heavy atom. The third kappa shape index (κ3) is 5.07. The second-order valence-corrected chi connectivity index (χ2v) is 12.5. The number of likely N-dealkylation sites (N-methyl/N-ethyl adjacent to an activating group) is 2. The molecule has 7 rings (SSSR count). The van der Waals surface area contributed by atoms with E-state index >= 15 is 0 Å². The molecule has 0 amide bonds. The van der Waals surface area contributed by atoms with Crippen LogP contribution in [-0.4, -0.2) is 95.4 Å². The number of hydrogen-bond acceptors (Lipinski definition) is 6. The molecule has 2 aromatic heterocycles. The zero-order valence-electron chi connectivity index (χ0n) is 24.3. The van der Waals surface area contributed by atoms with E-state index in [-0.39, 0.29) is 0 Å². The summed E-state index contributed by atoms with van der Waals surface area (Å²) < 4.78 is 5.08.